The number of pyridine rings is 1. The maximum atomic E-state index is 6.38. The number of hydrogen-bond acceptors (Lipinski definition) is 4. The number of hydrogen-bond donors (Lipinski definition) is 0. The molecule has 0 aliphatic rings. The highest BCUT2D eigenvalue weighted by Gasteiger charge is 2.17. The summed E-state index contributed by atoms with van der Waals surface area (Å²) in [6, 6.07) is 20.2. The van der Waals surface area contributed by atoms with Gasteiger partial charge in [-0.1, -0.05) is 59.8 Å². The Morgan fingerprint density at radius 3 is 2.59 bits per heavy atom. The van der Waals surface area contributed by atoms with E-state index in [9.17, 15) is 0 Å². The van der Waals surface area contributed by atoms with Gasteiger partial charge in [0.2, 0.25) is 0 Å². The smallest absolute Gasteiger partial charge is 0.196 e. The van der Waals surface area contributed by atoms with Gasteiger partial charge in [-0.25, -0.2) is 0 Å². The van der Waals surface area contributed by atoms with Gasteiger partial charge >= 0.3 is 0 Å². The molecule has 4 nitrogen and oxygen atoms in total. The molecule has 27 heavy (non-hydrogen) atoms. The lowest BCUT2D eigenvalue weighted by molar-refractivity contribution is 0.885. The molecule has 4 rings (SSSR count). The predicted molar refractivity (Wildman–Crippen MR) is 110 cm³/mol. The number of benzene rings is 2. The summed E-state index contributed by atoms with van der Waals surface area (Å²) >= 11 is 8.03. The first kappa shape index (κ1) is 17.8. The van der Waals surface area contributed by atoms with Crippen molar-refractivity contribution in [1.82, 2.24) is 19.7 Å². The first-order chi connectivity index (χ1) is 13.2. The number of rotatable bonds is 5. The molecule has 0 saturated carbocycles. The van der Waals surface area contributed by atoms with E-state index >= 15 is 0 Å². The first-order valence-electron chi connectivity index (χ1n) is 8.51. The molecule has 0 aliphatic heterocycles. The predicted octanol–water partition coefficient (Wildman–Crippen LogP) is 5.58. The Balaban J connectivity index is 1.77. The molecule has 0 radical (unpaired) electrons. The molecule has 4 aromatic rings. The molecule has 0 amide bonds. The molecular formula is C21H17ClN4S. The van der Waals surface area contributed by atoms with E-state index < -0.39 is 0 Å². The third-order valence-corrected chi connectivity index (χ3v) is 5.58. The van der Waals surface area contributed by atoms with Crippen molar-refractivity contribution in [2.75, 3.05) is 0 Å². The van der Waals surface area contributed by atoms with Crippen molar-refractivity contribution in [3.63, 3.8) is 0 Å². The summed E-state index contributed by atoms with van der Waals surface area (Å²) in [5.74, 6) is 1.56. The molecule has 0 aliphatic carbocycles. The fourth-order valence-corrected chi connectivity index (χ4v) is 3.80. The third-order valence-electron chi connectivity index (χ3n) is 4.18. The van der Waals surface area contributed by atoms with Crippen molar-refractivity contribution in [3.8, 4) is 17.1 Å². The van der Waals surface area contributed by atoms with Gasteiger partial charge in [-0.15, -0.1) is 10.2 Å². The van der Waals surface area contributed by atoms with E-state index in [0.29, 0.717) is 0 Å². The number of thioether (sulfide) groups is 1. The van der Waals surface area contributed by atoms with Crippen LogP contribution in [-0.2, 0) is 5.75 Å². The van der Waals surface area contributed by atoms with Gasteiger partial charge in [0.1, 0.15) is 0 Å². The summed E-state index contributed by atoms with van der Waals surface area (Å²) in [5.41, 5.74) is 4.12. The first-order valence-corrected chi connectivity index (χ1v) is 9.88. The average molecular weight is 393 g/mol. The van der Waals surface area contributed by atoms with Gasteiger partial charge in [0.05, 0.1) is 5.69 Å². The van der Waals surface area contributed by atoms with Crippen LogP contribution in [0.4, 0.5) is 0 Å². The van der Waals surface area contributed by atoms with Gasteiger partial charge in [0.25, 0.3) is 0 Å². The van der Waals surface area contributed by atoms with Crippen molar-refractivity contribution in [3.05, 3.63) is 89.2 Å². The number of nitrogens with zero attached hydrogens (tertiary/aromatic N) is 4. The summed E-state index contributed by atoms with van der Waals surface area (Å²) < 4.78 is 2.04. The highest BCUT2D eigenvalue weighted by Crippen LogP contribution is 2.31. The Hall–Kier alpha value is -2.63. The van der Waals surface area contributed by atoms with Gasteiger partial charge < -0.3 is 0 Å². The zero-order valence-electron chi connectivity index (χ0n) is 14.7. The summed E-state index contributed by atoms with van der Waals surface area (Å²) in [4.78, 5) is 4.22. The van der Waals surface area contributed by atoms with Crippen LogP contribution < -0.4 is 0 Å². The summed E-state index contributed by atoms with van der Waals surface area (Å²) in [6.07, 6.45) is 3.54. The quantitative estimate of drug-likeness (QED) is 0.415. The topological polar surface area (TPSA) is 43.6 Å². The molecule has 134 valence electrons. The standard InChI is InChI=1S/C21H17ClN4S/c1-15-9-10-18(12-19(15)22)26-20(17-8-5-11-23-13-17)24-25-21(26)27-14-16-6-3-2-4-7-16/h2-13H,14H2,1H3. The second-order valence-electron chi connectivity index (χ2n) is 6.09. The molecule has 0 bridgehead atoms. The Labute approximate surface area is 167 Å². The van der Waals surface area contributed by atoms with Crippen LogP contribution in [0.2, 0.25) is 5.02 Å². The number of halogens is 1. The van der Waals surface area contributed by atoms with Gasteiger partial charge in [-0.2, -0.15) is 0 Å². The minimum Gasteiger partial charge on any atom is -0.270 e. The number of aromatic nitrogens is 4. The van der Waals surface area contributed by atoms with Crippen molar-refractivity contribution >= 4 is 23.4 Å². The van der Waals surface area contributed by atoms with E-state index in [-0.39, 0.29) is 0 Å². The van der Waals surface area contributed by atoms with Gasteiger partial charge in [-0.3, -0.25) is 9.55 Å². The van der Waals surface area contributed by atoms with Crippen LogP contribution in [0.5, 0.6) is 0 Å². The summed E-state index contributed by atoms with van der Waals surface area (Å²) in [7, 11) is 0. The molecule has 0 unspecified atom stereocenters. The Morgan fingerprint density at radius 1 is 1.00 bits per heavy atom. The van der Waals surface area contributed by atoms with Crippen molar-refractivity contribution < 1.29 is 0 Å². The maximum Gasteiger partial charge on any atom is 0.196 e. The van der Waals surface area contributed by atoms with Crippen molar-refractivity contribution in [2.45, 2.75) is 17.8 Å². The molecule has 0 saturated heterocycles. The highest BCUT2D eigenvalue weighted by atomic mass is 35.5. The lowest BCUT2D eigenvalue weighted by Gasteiger charge is -2.11. The van der Waals surface area contributed by atoms with E-state index in [4.69, 9.17) is 11.6 Å². The molecule has 0 N–H and O–H groups in total. The van der Waals surface area contributed by atoms with Crippen molar-refractivity contribution in [2.24, 2.45) is 0 Å². The average Bonchev–Trinajstić information content (AvgIpc) is 3.14. The summed E-state index contributed by atoms with van der Waals surface area (Å²) in [5, 5.41) is 10.4. The van der Waals surface area contributed by atoms with Crippen molar-refractivity contribution in [1.29, 1.82) is 0 Å². The monoisotopic (exact) mass is 392 g/mol. The van der Waals surface area contributed by atoms with Crippen LogP contribution >= 0.6 is 23.4 Å². The minimum atomic E-state index is 0.720. The number of aryl methyl sites for hydroxylation is 1. The van der Waals surface area contributed by atoms with Gasteiger partial charge in [-0.05, 0) is 42.3 Å². The van der Waals surface area contributed by atoms with Gasteiger partial charge in [0, 0.05) is 28.7 Å². The molecule has 2 aromatic carbocycles. The Kier molecular flexibility index (Phi) is 5.23. The largest absolute Gasteiger partial charge is 0.270 e. The van der Waals surface area contributed by atoms with E-state index in [1.54, 1.807) is 24.2 Å². The van der Waals surface area contributed by atoms with E-state index in [2.05, 4.69) is 27.3 Å². The molecule has 6 heteroatoms. The molecule has 2 heterocycles. The lowest BCUT2D eigenvalue weighted by Crippen LogP contribution is -2.00. The lowest BCUT2D eigenvalue weighted by atomic mass is 10.2. The SMILES string of the molecule is Cc1ccc(-n2c(SCc3ccccc3)nnc2-c2cccnc2)cc1Cl. The fraction of sp³-hybridized carbons (Fsp3) is 0.0952. The second kappa shape index (κ2) is 7.94. The fourth-order valence-electron chi connectivity index (χ4n) is 2.72. The maximum absolute atomic E-state index is 6.38. The third kappa shape index (κ3) is 3.89. The minimum absolute atomic E-state index is 0.720. The molecule has 0 spiro atoms. The molecule has 2 aromatic heterocycles. The van der Waals surface area contributed by atoms with Crippen LogP contribution in [-0.4, -0.2) is 19.7 Å². The molecule has 0 atom stereocenters. The normalized spacial score (nSPS) is 10.9. The second-order valence-corrected chi connectivity index (χ2v) is 7.44. The van der Waals surface area contributed by atoms with E-state index in [0.717, 1.165) is 38.6 Å². The molecular weight excluding hydrogens is 376 g/mol. The summed E-state index contributed by atoms with van der Waals surface area (Å²) in [6.45, 7) is 1.99. The van der Waals surface area contributed by atoms with Gasteiger partial charge in [0.15, 0.2) is 11.0 Å². The van der Waals surface area contributed by atoms with Crippen LogP contribution in [0.15, 0.2) is 78.2 Å². The van der Waals surface area contributed by atoms with Crippen LogP contribution in [0.25, 0.3) is 17.1 Å². The highest BCUT2D eigenvalue weighted by molar-refractivity contribution is 7.98. The van der Waals surface area contributed by atoms with Crippen LogP contribution in [0.1, 0.15) is 11.1 Å². The molecule has 0 fully saturated rings. The zero-order valence-corrected chi connectivity index (χ0v) is 16.3. The van der Waals surface area contributed by atoms with E-state index in [1.807, 2.05) is 60.0 Å². The Morgan fingerprint density at radius 2 is 1.85 bits per heavy atom. The van der Waals surface area contributed by atoms with Crippen LogP contribution in [0, 0.1) is 6.92 Å². The van der Waals surface area contributed by atoms with E-state index in [1.165, 1.54) is 5.56 Å². The Bertz CT molecular complexity index is 1050. The van der Waals surface area contributed by atoms with Crippen LogP contribution in [0.3, 0.4) is 0 Å². The zero-order chi connectivity index (χ0) is 18.6.